The number of rotatable bonds is 0. The van der Waals surface area contributed by atoms with Crippen molar-refractivity contribution in [1.82, 2.24) is 0 Å². The normalized spacial score (nSPS) is 22.8. The Labute approximate surface area is 56.2 Å². The Hall–Kier alpha value is -0.0800. The van der Waals surface area contributed by atoms with E-state index in [0.29, 0.717) is 0 Å². The van der Waals surface area contributed by atoms with E-state index < -0.39 is 0 Å². The molecule has 0 aromatic heterocycles. The fraction of sp³-hybridized carbons (Fsp3) is 0.800. The highest BCUT2D eigenvalue weighted by atomic mass is 35.5. The molecule has 1 rings (SSSR count). The van der Waals surface area contributed by atoms with Crippen LogP contribution in [0, 0.1) is 0 Å². The molecule has 0 amide bonds. The smallest absolute Gasteiger partial charge is 0.185 e. The summed E-state index contributed by atoms with van der Waals surface area (Å²) in [6, 6.07) is 0. The number of quaternary nitrogens is 1. The standard InChI is InChI=1S/C5H11N2.ClH/c1-7(2)4-3-6-5-7;/h5H,3-4H2,1-2H3;1H/q+1;/p-1. The molecule has 0 spiro atoms. The molecule has 0 atom stereocenters. The summed E-state index contributed by atoms with van der Waals surface area (Å²) in [4.78, 5) is 4.08. The molecule has 0 N–H and O–H groups in total. The molecule has 0 saturated carbocycles. The average molecular weight is 135 g/mol. The quantitative estimate of drug-likeness (QED) is 0.316. The summed E-state index contributed by atoms with van der Waals surface area (Å²) in [6.45, 7) is 2.17. The zero-order valence-corrected chi connectivity index (χ0v) is 6.02. The van der Waals surface area contributed by atoms with E-state index in [-0.39, 0.29) is 12.4 Å². The summed E-state index contributed by atoms with van der Waals surface area (Å²) in [5.41, 5.74) is 0. The van der Waals surface area contributed by atoms with E-state index in [9.17, 15) is 0 Å². The van der Waals surface area contributed by atoms with E-state index >= 15 is 0 Å². The van der Waals surface area contributed by atoms with E-state index in [1.807, 2.05) is 6.34 Å². The first kappa shape index (κ1) is 7.92. The highest BCUT2D eigenvalue weighted by Gasteiger charge is 2.15. The molecule has 0 radical (unpaired) electrons. The van der Waals surface area contributed by atoms with Gasteiger partial charge in [0, 0.05) is 0 Å². The number of hydrogen-bond donors (Lipinski definition) is 0. The average Bonchev–Trinajstić information content (AvgIpc) is 1.84. The topological polar surface area (TPSA) is 12.4 Å². The van der Waals surface area contributed by atoms with Crippen molar-refractivity contribution in [1.29, 1.82) is 0 Å². The van der Waals surface area contributed by atoms with Gasteiger partial charge in [0.05, 0.1) is 20.6 Å². The van der Waals surface area contributed by atoms with Gasteiger partial charge in [-0.15, -0.1) is 0 Å². The van der Waals surface area contributed by atoms with Crippen molar-refractivity contribution in [2.75, 3.05) is 27.2 Å². The Kier molecular flexibility index (Phi) is 2.44. The van der Waals surface area contributed by atoms with Crippen LogP contribution in [-0.4, -0.2) is 38.0 Å². The van der Waals surface area contributed by atoms with Gasteiger partial charge in [0.2, 0.25) is 0 Å². The summed E-state index contributed by atoms with van der Waals surface area (Å²) in [5, 5.41) is 0. The van der Waals surface area contributed by atoms with Gasteiger partial charge in [-0.1, -0.05) is 0 Å². The van der Waals surface area contributed by atoms with Gasteiger partial charge in [0.25, 0.3) is 0 Å². The van der Waals surface area contributed by atoms with Gasteiger partial charge in [-0.2, -0.15) is 0 Å². The van der Waals surface area contributed by atoms with Crippen LogP contribution in [0.25, 0.3) is 0 Å². The van der Waals surface area contributed by atoms with Gasteiger partial charge < -0.3 is 12.4 Å². The molecule has 3 heteroatoms. The van der Waals surface area contributed by atoms with Gasteiger partial charge in [0.1, 0.15) is 6.54 Å². The maximum Gasteiger partial charge on any atom is 0.185 e. The van der Waals surface area contributed by atoms with Crippen molar-refractivity contribution < 1.29 is 16.9 Å². The van der Waals surface area contributed by atoms with Crippen LogP contribution in [-0.2, 0) is 0 Å². The van der Waals surface area contributed by atoms with E-state index in [1.54, 1.807) is 0 Å². The number of halogens is 1. The summed E-state index contributed by atoms with van der Waals surface area (Å²) >= 11 is 0. The first-order valence-corrected chi connectivity index (χ1v) is 2.54. The lowest BCUT2D eigenvalue weighted by Crippen LogP contribution is -3.00. The van der Waals surface area contributed by atoms with Gasteiger partial charge in [-0.3, -0.25) is 4.48 Å². The lowest BCUT2D eigenvalue weighted by Gasteiger charge is -2.16. The van der Waals surface area contributed by atoms with E-state index in [2.05, 4.69) is 19.1 Å². The number of aliphatic imine (C=N–C) groups is 1. The second-order valence-electron chi connectivity index (χ2n) is 2.52. The molecular weight excluding hydrogens is 124 g/mol. The molecule has 0 fully saturated rings. The Morgan fingerprint density at radius 1 is 1.50 bits per heavy atom. The van der Waals surface area contributed by atoms with Crippen LogP contribution >= 0.6 is 0 Å². The van der Waals surface area contributed by atoms with Crippen molar-refractivity contribution in [3.63, 3.8) is 0 Å². The molecule has 2 nitrogen and oxygen atoms in total. The molecule has 0 aromatic carbocycles. The monoisotopic (exact) mass is 134 g/mol. The van der Waals surface area contributed by atoms with E-state index in [1.165, 1.54) is 6.54 Å². The van der Waals surface area contributed by atoms with Crippen LogP contribution in [0.5, 0.6) is 0 Å². The minimum Gasteiger partial charge on any atom is -1.00 e. The largest absolute Gasteiger partial charge is 1.00 e. The minimum atomic E-state index is 0. The SMILES string of the molecule is C[N+]1(C)C=NCC1.[Cl-]. The second-order valence-corrected chi connectivity index (χ2v) is 2.52. The summed E-state index contributed by atoms with van der Waals surface area (Å²) in [7, 11) is 4.30. The molecule has 1 aliphatic heterocycles. The highest BCUT2D eigenvalue weighted by Crippen LogP contribution is 1.97. The van der Waals surface area contributed by atoms with Crippen molar-refractivity contribution in [3.8, 4) is 0 Å². The maximum absolute atomic E-state index is 4.08. The predicted molar refractivity (Wildman–Crippen MR) is 30.3 cm³/mol. The first-order chi connectivity index (χ1) is 3.21. The molecular formula is C5H11ClN2. The third-order valence-corrected chi connectivity index (χ3v) is 1.20. The molecule has 0 aromatic rings. The van der Waals surface area contributed by atoms with Crippen LogP contribution in [0.4, 0.5) is 0 Å². The van der Waals surface area contributed by atoms with Gasteiger partial charge in [0.15, 0.2) is 6.34 Å². The number of nitrogens with zero attached hydrogens (tertiary/aromatic N) is 2. The lowest BCUT2D eigenvalue weighted by molar-refractivity contribution is -0.784. The Balaban J connectivity index is 0.000000490. The van der Waals surface area contributed by atoms with Crippen LogP contribution < -0.4 is 12.4 Å². The predicted octanol–water partition coefficient (Wildman–Crippen LogP) is -2.89. The third kappa shape index (κ3) is 1.80. The van der Waals surface area contributed by atoms with Crippen molar-refractivity contribution in [2.45, 2.75) is 0 Å². The number of hydrogen-bond acceptors (Lipinski definition) is 1. The molecule has 0 saturated heterocycles. The molecule has 1 aliphatic rings. The van der Waals surface area contributed by atoms with Gasteiger partial charge in [-0.25, -0.2) is 4.99 Å². The molecule has 8 heavy (non-hydrogen) atoms. The zero-order valence-electron chi connectivity index (χ0n) is 5.26. The summed E-state index contributed by atoms with van der Waals surface area (Å²) in [5.74, 6) is 0. The van der Waals surface area contributed by atoms with E-state index in [4.69, 9.17) is 0 Å². The fourth-order valence-electron chi connectivity index (χ4n) is 0.652. The Bertz CT molecular complexity index is 98.6. The Morgan fingerprint density at radius 2 is 2.12 bits per heavy atom. The van der Waals surface area contributed by atoms with Crippen LogP contribution in [0.3, 0.4) is 0 Å². The van der Waals surface area contributed by atoms with Crippen LogP contribution in [0.2, 0.25) is 0 Å². The van der Waals surface area contributed by atoms with Crippen molar-refractivity contribution in [3.05, 3.63) is 0 Å². The lowest BCUT2D eigenvalue weighted by atomic mass is 10.6. The maximum atomic E-state index is 4.08. The molecule has 48 valence electrons. The molecule has 0 bridgehead atoms. The summed E-state index contributed by atoms with van der Waals surface area (Å²) < 4.78 is 0.958. The van der Waals surface area contributed by atoms with Gasteiger partial charge >= 0.3 is 0 Å². The molecule has 0 unspecified atom stereocenters. The summed E-state index contributed by atoms with van der Waals surface area (Å²) in [6.07, 6.45) is 1.99. The third-order valence-electron chi connectivity index (χ3n) is 1.20. The molecule has 1 heterocycles. The molecule has 0 aliphatic carbocycles. The fourth-order valence-corrected chi connectivity index (χ4v) is 0.652. The van der Waals surface area contributed by atoms with E-state index in [0.717, 1.165) is 11.0 Å². The minimum absolute atomic E-state index is 0. The Morgan fingerprint density at radius 3 is 2.25 bits per heavy atom. The van der Waals surface area contributed by atoms with Crippen molar-refractivity contribution in [2.24, 2.45) is 4.99 Å². The van der Waals surface area contributed by atoms with Gasteiger partial charge in [-0.05, 0) is 0 Å². The first-order valence-electron chi connectivity index (χ1n) is 2.54. The van der Waals surface area contributed by atoms with Crippen LogP contribution in [0.15, 0.2) is 4.99 Å². The second kappa shape index (κ2) is 2.46. The van der Waals surface area contributed by atoms with Crippen LogP contribution in [0.1, 0.15) is 0 Å². The zero-order chi connectivity index (χ0) is 5.33. The highest BCUT2D eigenvalue weighted by molar-refractivity contribution is 5.47. The van der Waals surface area contributed by atoms with Crippen molar-refractivity contribution >= 4 is 6.34 Å². The number of likely N-dealkylation sites (N-methyl/N-ethyl adjacent to an activating group) is 1.